The van der Waals surface area contributed by atoms with Gasteiger partial charge in [0.05, 0.1) is 6.10 Å². The smallest absolute Gasteiger partial charge is 0.223 e. The molecule has 0 bridgehead atoms. The molecule has 7 heteroatoms. The summed E-state index contributed by atoms with van der Waals surface area (Å²) >= 11 is 17.5. The third-order valence-corrected chi connectivity index (χ3v) is 3.37. The second-order valence-electron chi connectivity index (χ2n) is 4.68. The summed E-state index contributed by atoms with van der Waals surface area (Å²) in [4.78, 5) is 11.6. The summed E-state index contributed by atoms with van der Waals surface area (Å²) in [5.74, 6) is -0.324. The normalized spacial score (nSPS) is 22.2. The van der Waals surface area contributed by atoms with E-state index in [4.69, 9.17) is 39.5 Å². The Morgan fingerprint density at radius 2 is 2.11 bits per heavy atom. The SMILES string of the molecule is CC(C)C(=O)N[C@H](NC[C@@H]1CCCO1)C(Cl)(Cl)Cl. The number of ether oxygens (including phenoxy) is 1. The Hall–Kier alpha value is 0.260. The summed E-state index contributed by atoms with van der Waals surface area (Å²) in [5, 5.41) is 5.71. The third-order valence-electron chi connectivity index (χ3n) is 2.71. The van der Waals surface area contributed by atoms with E-state index in [1.54, 1.807) is 13.8 Å². The Kier molecular flexibility index (Phi) is 6.48. The minimum absolute atomic E-state index is 0.121. The summed E-state index contributed by atoms with van der Waals surface area (Å²) < 4.78 is 3.87. The zero-order chi connectivity index (χ0) is 13.8. The van der Waals surface area contributed by atoms with Gasteiger partial charge in [0.25, 0.3) is 0 Å². The average Bonchev–Trinajstić information content (AvgIpc) is 2.74. The number of hydrogen-bond donors (Lipinski definition) is 2. The van der Waals surface area contributed by atoms with Gasteiger partial charge in [-0.2, -0.15) is 0 Å². The molecule has 0 radical (unpaired) electrons. The molecule has 1 rings (SSSR count). The topological polar surface area (TPSA) is 50.4 Å². The van der Waals surface area contributed by atoms with Crippen molar-refractivity contribution in [3.8, 4) is 0 Å². The summed E-state index contributed by atoms with van der Waals surface area (Å²) in [6, 6.07) is 0. The number of nitrogens with one attached hydrogen (secondary N) is 2. The molecule has 2 N–H and O–H groups in total. The maximum absolute atomic E-state index is 11.6. The first-order valence-electron chi connectivity index (χ1n) is 6.02. The molecule has 1 aliphatic rings. The molecule has 0 aromatic carbocycles. The highest BCUT2D eigenvalue weighted by Crippen LogP contribution is 2.29. The lowest BCUT2D eigenvalue weighted by Gasteiger charge is -2.28. The monoisotopic (exact) mass is 316 g/mol. The number of carbonyl (C=O) groups excluding carboxylic acids is 1. The van der Waals surface area contributed by atoms with Crippen molar-refractivity contribution in [2.24, 2.45) is 5.92 Å². The van der Waals surface area contributed by atoms with Crippen LogP contribution in [0.3, 0.4) is 0 Å². The molecular formula is C11H19Cl3N2O2. The maximum Gasteiger partial charge on any atom is 0.223 e. The second kappa shape index (κ2) is 7.15. The van der Waals surface area contributed by atoms with E-state index in [-0.39, 0.29) is 17.9 Å². The summed E-state index contributed by atoms with van der Waals surface area (Å²) in [6.07, 6.45) is 1.43. The molecule has 1 fully saturated rings. The molecule has 106 valence electrons. The summed E-state index contributed by atoms with van der Waals surface area (Å²) in [7, 11) is 0. The van der Waals surface area contributed by atoms with Crippen LogP contribution in [-0.2, 0) is 9.53 Å². The zero-order valence-corrected chi connectivity index (χ0v) is 12.8. The molecule has 18 heavy (non-hydrogen) atoms. The lowest BCUT2D eigenvalue weighted by Crippen LogP contribution is -2.55. The minimum Gasteiger partial charge on any atom is -0.377 e. The Labute approximate surface area is 123 Å². The van der Waals surface area contributed by atoms with Gasteiger partial charge < -0.3 is 10.1 Å². The number of rotatable bonds is 5. The number of amides is 1. The molecular weight excluding hydrogens is 298 g/mol. The van der Waals surface area contributed by atoms with E-state index >= 15 is 0 Å². The van der Waals surface area contributed by atoms with Crippen LogP contribution >= 0.6 is 34.8 Å². The van der Waals surface area contributed by atoms with Crippen LogP contribution in [0.15, 0.2) is 0 Å². The number of alkyl halides is 3. The molecule has 0 aliphatic carbocycles. The van der Waals surface area contributed by atoms with Crippen molar-refractivity contribution in [2.45, 2.75) is 42.8 Å². The lowest BCUT2D eigenvalue weighted by atomic mass is 10.2. The van der Waals surface area contributed by atoms with Crippen molar-refractivity contribution in [1.82, 2.24) is 10.6 Å². The second-order valence-corrected chi connectivity index (χ2v) is 7.05. The van der Waals surface area contributed by atoms with Crippen LogP contribution in [0.25, 0.3) is 0 Å². The van der Waals surface area contributed by atoms with Crippen LogP contribution in [0.5, 0.6) is 0 Å². The average molecular weight is 318 g/mol. The van der Waals surface area contributed by atoms with Gasteiger partial charge in [0.15, 0.2) is 0 Å². The van der Waals surface area contributed by atoms with Crippen molar-refractivity contribution in [3.05, 3.63) is 0 Å². The minimum atomic E-state index is -1.59. The maximum atomic E-state index is 11.6. The molecule has 1 aliphatic heterocycles. The fourth-order valence-corrected chi connectivity index (χ4v) is 2.01. The van der Waals surface area contributed by atoms with Crippen molar-refractivity contribution >= 4 is 40.7 Å². The third kappa shape index (κ3) is 5.49. The number of halogens is 3. The molecule has 0 unspecified atom stereocenters. The van der Waals surface area contributed by atoms with Gasteiger partial charge in [0.2, 0.25) is 9.70 Å². The molecule has 4 nitrogen and oxygen atoms in total. The van der Waals surface area contributed by atoms with Gasteiger partial charge in [-0.1, -0.05) is 48.7 Å². The van der Waals surface area contributed by atoms with Crippen LogP contribution in [0, 0.1) is 5.92 Å². The van der Waals surface area contributed by atoms with E-state index in [1.807, 2.05) is 0 Å². The van der Waals surface area contributed by atoms with Crippen LogP contribution in [0.1, 0.15) is 26.7 Å². The van der Waals surface area contributed by atoms with Crippen LogP contribution in [-0.4, -0.2) is 35.1 Å². The highest BCUT2D eigenvalue weighted by atomic mass is 35.6. The van der Waals surface area contributed by atoms with E-state index in [1.165, 1.54) is 0 Å². The first-order chi connectivity index (χ1) is 8.30. The molecule has 2 atom stereocenters. The van der Waals surface area contributed by atoms with Gasteiger partial charge in [-0.3, -0.25) is 10.1 Å². The highest BCUT2D eigenvalue weighted by Gasteiger charge is 2.34. The summed E-state index contributed by atoms with van der Waals surface area (Å²) in [5.41, 5.74) is 0. The van der Waals surface area contributed by atoms with Gasteiger partial charge in [-0.25, -0.2) is 0 Å². The first kappa shape index (κ1) is 16.3. The van der Waals surface area contributed by atoms with Crippen molar-refractivity contribution in [2.75, 3.05) is 13.2 Å². The van der Waals surface area contributed by atoms with Gasteiger partial charge in [-0.05, 0) is 12.8 Å². The molecule has 0 aromatic rings. The molecule has 1 saturated heterocycles. The predicted octanol–water partition coefficient (Wildman–Crippen LogP) is 2.22. The zero-order valence-electron chi connectivity index (χ0n) is 10.5. The van der Waals surface area contributed by atoms with Crippen molar-refractivity contribution in [1.29, 1.82) is 0 Å². The van der Waals surface area contributed by atoms with E-state index in [0.29, 0.717) is 6.54 Å². The molecule has 1 heterocycles. The van der Waals surface area contributed by atoms with Gasteiger partial charge in [-0.15, -0.1) is 0 Å². The standard InChI is InChI=1S/C11H19Cl3N2O2/c1-7(2)9(17)16-10(11(12,13)14)15-6-8-4-3-5-18-8/h7-8,10,15H,3-6H2,1-2H3,(H,16,17)/t8-,10-/m0/s1. The van der Waals surface area contributed by atoms with Gasteiger partial charge >= 0.3 is 0 Å². The Balaban J connectivity index is 2.47. The van der Waals surface area contributed by atoms with Crippen LogP contribution in [0.4, 0.5) is 0 Å². The fraction of sp³-hybridized carbons (Fsp3) is 0.909. The number of carbonyl (C=O) groups is 1. The van der Waals surface area contributed by atoms with E-state index < -0.39 is 9.96 Å². The van der Waals surface area contributed by atoms with E-state index in [0.717, 1.165) is 19.4 Å². The Morgan fingerprint density at radius 3 is 2.56 bits per heavy atom. The van der Waals surface area contributed by atoms with Gasteiger partial charge in [0.1, 0.15) is 6.17 Å². The van der Waals surface area contributed by atoms with Gasteiger partial charge in [0, 0.05) is 19.1 Å². The molecule has 0 aromatic heterocycles. The van der Waals surface area contributed by atoms with Crippen molar-refractivity contribution in [3.63, 3.8) is 0 Å². The molecule has 1 amide bonds. The van der Waals surface area contributed by atoms with E-state index in [2.05, 4.69) is 10.6 Å². The Morgan fingerprint density at radius 1 is 1.44 bits per heavy atom. The van der Waals surface area contributed by atoms with Crippen LogP contribution < -0.4 is 10.6 Å². The van der Waals surface area contributed by atoms with Crippen LogP contribution in [0.2, 0.25) is 0 Å². The first-order valence-corrected chi connectivity index (χ1v) is 7.16. The molecule has 0 spiro atoms. The number of hydrogen-bond acceptors (Lipinski definition) is 3. The summed E-state index contributed by atoms with van der Waals surface area (Å²) in [6.45, 7) is 4.88. The quantitative estimate of drug-likeness (QED) is 0.604. The van der Waals surface area contributed by atoms with Crippen molar-refractivity contribution < 1.29 is 9.53 Å². The lowest BCUT2D eigenvalue weighted by molar-refractivity contribution is -0.124. The Bertz CT molecular complexity index is 276. The highest BCUT2D eigenvalue weighted by molar-refractivity contribution is 6.68. The predicted molar refractivity (Wildman–Crippen MR) is 74.0 cm³/mol. The molecule has 0 saturated carbocycles. The largest absolute Gasteiger partial charge is 0.377 e. The van der Waals surface area contributed by atoms with E-state index in [9.17, 15) is 4.79 Å². The fourth-order valence-electron chi connectivity index (χ4n) is 1.61.